The lowest BCUT2D eigenvalue weighted by Gasteiger charge is -2.39. The highest BCUT2D eigenvalue weighted by Gasteiger charge is 2.63. The van der Waals surface area contributed by atoms with E-state index in [9.17, 15) is 47.4 Å². The lowest BCUT2D eigenvalue weighted by atomic mass is 9.99. The van der Waals surface area contributed by atoms with Crippen LogP contribution in [0.4, 0.5) is 19.3 Å². The first-order valence-corrected chi connectivity index (χ1v) is 20.2. The first-order valence-electron chi connectivity index (χ1n) is 20.2. The van der Waals surface area contributed by atoms with Crippen LogP contribution in [0.2, 0.25) is 0 Å². The van der Waals surface area contributed by atoms with Gasteiger partial charge in [0.25, 0.3) is 0 Å². The van der Waals surface area contributed by atoms with Crippen molar-refractivity contribution in [3.8, 4) is 0 Å². The van der Waals surface area contributed by atoms with Crippen LogP contribution in [-0.4, -0.2) is 128 Å². The number of aliphatic hydroxyl groups is 1. The van der Waals surface area contributed by atoms with Crippen LogP contribution in [0.25, 0.3) is 0 Å². The molecule has 59 heavy (non-hydrogen) atoms. The number of carbonyl (C=O) groups excluding carboxylic acids is 7. The lowest BCUT2D eigenvalue weighted by molar-refractivity contribution is -0.152. The van der Waals surface area contributed by atoms with Gasteiger partial charge in [0.05, 0.1) is 18.0 Å². The Labute approximate surface area is 340 Å². The zero-order chi connectivity index (χ0) is 42.8. The summed E-state index contributed by atoms with van der Waals surface area (Å²) < 4.78 is 28.3. The van der Waals surface area contributed by atoms with Gasteiger partial charge in [-0.2, -0.15) is 0 Å². The van der Waals surface area contributed by atoms with Gasteiger partial charge in [0, 0.05) is 44.2 Å². The Bertz CT molecular complexity index is 1960. The summed E-state index contributed by atoms with van der Waals surface area (Å²) >= 11 is 0. The summed E-state index contributed by atoms with van der Waals surface area (Å²) in [6, 6.07) is -0.972. The van der Waals surface area contributed by atoms with E-state index in [-0.39, 0.29) is 42.7 Å². The number of rotatable bonds is 12. The summed E-state index contributed by atoms with van der Waals surface area (Å²) in [5.74, 6) is -4.75. The van der Waals surface area contributed by atoms with Gasteiger partial charge in [0.15, 0.2) is 5.78 Å². The van der Waals surface area contributed by atoms with E-state index in [1.54, 1.807) is 30.9 Å². The van der Waals surface area contributed by atoms with Crippen LogP contribution in [-0.2, 0) is 35.2 Å². The Morgan fingerprint density at radius 2 is 1.59 bits per heavy atom. The maximum Gasteiger partial charge on any atom is 0.319 e. The highest BCUT2D eigenvalue weighted by atomic mass is 19.1. The number of aryl methyl sites for hydroxylation is 1. The Balaban J connectivity index is 1.14. The van der Waals surface area contributed by atoms with Gasteiger partial charge in [-0.05, 0) is 95.0 Å². The van der Waals surface area contributed by atoms with Crippen molar-refractivity contribution < 1.29 is 47.4 Å². The van der Waals surface area contributed by atoms with Gasteiger partial charge in [-0.25, -0.2) is 13.6 Å². The van der Waals surface area contributed by atoms with Crippen LogP contribution >= 0.6 is 0 Å². The zero-order valence-electron chi connectivity index (χ0n) is 33.6. The molecule has 0 radical (unpaired) electrons. The summed E-state index contributed by atoms with van der Waals surface area (Å²) in [4.78, 5) is 103. The quantitative estimate of drug-likeness (QED) is 0.211. The van der Waals surface area contributed by atoms with Crippen LogP contribution in [0.15, 0.2) is 36.5 Å². The van der Waals surface area contributed by atoms with E-state index in [1.807, 2.05) is 6.92 Å². The van der Waals surface area contributed by atoms with Crippen LogP contribution in [0.1, 0.15) is 77.0 Å². The normalized spacial score (nSPS) is 24.6. The van der Waals surface area contributed by atoms with Crippen molar-refractivity contribution in [1.82, 2.24) is 35.6 Å². The third kappa shape index (κ3) is 9.69. The molecule has 2 aromatic rings. The molecule has 6 rings (SSSR count). The van der Waals surface area contributed by atoms with E-state index in [0.717, 1.165) is 12.1 Å². The fourth-order valence-electron chi connectivity index (χ4n) is 8.61. The predicted molar refractivity (Wildman–Crippen MR) is 208 cm³/mol. The van der Waals surface area contributed by atoms with Crippen molar-refractivity contribution in [3.63, 3.8) is 0 Å². The van der Waals surface area contributed by atoms with Gasteiger partial charge in [0.1, 0.15) is 47.4 Å². The summed E-state index contributed by atoms with van der Waals surface area (Å²) in [5.41, 5.74) is 0.228. The summed E-state index contributed by atoms with van der Waals surface area (Å²) in [6.07, 6.45) is 2.64. The van der Waals surface area contributed by atoms with Crippen LogP contribution in [0.3, 0.4) is 0 Å². The molecule has 1 aromatic heterocycles. The number of likely N-dealkylation sites (tertiary alicyclic amines) is 3. The fourth-order valence-corrected chi connectivity index (χ4v) is 8.61. The molecule has 5 N–H and O–H groups in total. The minimum absolute atomic E-state index is 0.0159. The van der Waals surface area contributed by atoms with Crippen LogP contribution < -0.4 is 21.3 Å². The molecule has 1 aromatic carbocycles. The largest absolute Gasteiger partial charge is 0.391 e. The first kappa shape index (κ1) is 43.1. The van der Waals surface area contributed by atoms with Crippen molar-refractivity contribution in [2.45, 2.75) is 121 Å². The van der Waals surface area contributed by atoms with Crippen molar-refractivity contribution >= 4 is 47.0 Å². The third-order valence-corrected chi connectivity index (χ3v) is 11.6. The van der Waals surface area contributed by atoms with Gasteiger partial charge in [0.2, 0.25) is 29.5 Å². The number of hydrogen-bond donors (Lipinski definition) is 5. The summed E-state index contributed by atoms with van der Waals surface area (Å²) in [6.45, 7) is 7.32. The van der Waals surface area contributed by atoms with Crippen LogP contribution in [0.5, 0.6) is 0 Å². The number of piperidine rings is 1. The molecule has 4 fully saturated rings. The monoisotopic (exact) mass is 822 g/mol. The van der Waals surface area contributed by atoms with E-state index in [4.69, 9.17) is 0 Å². The number of halogens is 2. The average Bonchev–Trinajstić information content (AvgIpc) is 3.46. The van der Waals surface area contributed by atoms with Gasteiger partial charge >= 0.3 is 6.03 Å². The maximum absolute atomic E-state index is 14.3. The maximum atomic E-state index is 14.3. The molecule has 4 aliphatic rings. The zero-order valence-corrected chi connectivity index (χ0v) is 33.6. The van der Waals surface area contributed by atoms with Crippen LogP contribution in [0, 0.1) is 24.5 Å². The molecule has 8 atom stereocenters. The molecule has 0 bridgehead atoms. The number of aliphatic hydroxyl groups excluding tert-OH is 1. The first-order chi connectivity index (χ1) is 28.0. The molecule has 1 aliphatic carbocycles. The molecule has 1 saturated carbocycles. The van der Waals surface area contributed by atoms with E-state index >= 15 is 0 Å². The Kier molecular flexibility index (Phi) is 13.0. The molecule has 16 nitrogen and oxygen atoms in total. The molecular formula is C41H52F2N8O8. The molecule has 7 amide bonds. The number of nitrogens with one attached hydrogen (secondary N) is 4. The average molecular weight is 823 g/mol. The van der Waals surface area contributed by atoms with E-state index in [0.29, 0.717) is 62.5 Å². The second kappa shape index (κ2) is 17.8. The number of pyridine rings is 1. The number of aromatic nitrogens is 1. The molecule has 18 heteroatoms. The van der Waals surface area contributed by atoms with Gasteiger partial charge in [-0.1, -0.05) is 6.92 Å². The SMILES string of the molecule is Cc1ccc(NC(=O)N[C@@H](Cc2cc(F)cc(F)c2)C(=O)N[C@H](C(=O)N2CCC[C@H]2C(=O)N2CCCC[C@H]2C(=O)N[C@@H](C)C(=O)N2C[C@H](C)C[C@]23CC3=O)[C@H](C)O)cn1. The van der Waals surface area contributed by atoms with Gasteiger partial charge in [-0.15, -0.1) is 0 Å². The number of nitrogens with zero attached hydrogens (tertiary/aromatic N) is 4. The number of benzene rings is 1. The van der Waals surface area contributed by atoms with Crippen molar-refractivity contribution in [3.05, 3.63) is 59.4 Å². The number of Topliss-reactive ketones (excluding diaryl/α,β-unsaturated/α-hetero) is 1. The number of amides is 7. The minimum Gasteiger partial charge on any atom is -0.391 e. The smallest absolute Gasteiger partial charge is 0.319 e. The molecule has 1 spiro atoms. The summed E-state index contributed by atoms with van der Waals surface area (Å²) in [5, 5.41) is 21.1. The number of urea groups is 1. The predicted octanol–water partition coefficient (Wildman–Crippen LogP) is 1.72. The molecule has 0 unspecified atom stereocenters. The third-order valence-electron chi connectivity index (χ3n) is 11.6. The fraction of sp³-hybridized carbons (Fsp3) is 0.561. The lowest BCUT2D eigenvalue weighted by Crippen LogP contribution is -2.62. The van der Waals surface area contributed by atoms with Crippen molar-refractivity contribution in [1.29, 1.82) is 0 Å². The highest BCUT2D eigenvalue weighted by Crippen LogP contribution is 2.48. The second-order valence-corrected chi connectivity index (χ2v) is 16.4. The topological polar surface area (TPSA) is 210 Å². The second-order valence-electron chi connectivity index (χ2n) is 16.4. The molecule has 4 heterocycles. The molecule has 3 saturated heterocycles. The summed E-state index contributed by atoms with van der Waals surface area (Å²) in [7, 11) is 0. The Morgan fingerprint density at radius 3 is 2.24 bits per heavy atom. The molecular weight excluding hydrogens is 770 g/mol. The molecule has 318 valence electrons. The number of hydrogen-bond acceptors (Lipinski definition) is 9. The highest BCUT2D eigenvalue weighted by molar-refractivity contribution is 6.09. The van der Waals surface area contributed by atoms with Gasteiger partial charge < -0.3 is 41.1 Å². The van der Waals surface area contributed by atoms with Crippen molar-refractivity contribution in [2.75, 3.05) is 25.0 Å². The van der Waals surface area contributed by atoms with E-state index in [1.165, 1.54) is 22.9 Å². The Morgan fingerprint density at radius 1 is 0.915 bits per heavy atom. The molecule has 3 aliphatic heterocycles. The number of ketones is 1. The van der Waals surface area contributed by atoms with Gasteiger partial charge in [-0.3, -0.25) is 33.8 Å². The number of anilines is 1. The number of carbonyl (C=O) groups is 7. The Hall–Kier alpha value is -5.52. The standard InChI is InChI=1S/C41H52F2N8O8/c1-22-18-41(19-33(41)53)51(21-22)37(56)24(3)45-36(55)31-8-5-6-12-49(31)38(57)32-9-7-13-50(32)39(58)34(25(4)52)48-35(54)30(16-26-14-27(42)17-28(43)15-26)47-40(59)46-29-11-10-23(2)44-20-29/h10-11,14-15,17,20,22,24-25,30-32,34,52H,5-9,12-13,16,18-19,21H2,1-4H3,(H,45,55)(H,48,54)(H2,46,47,59)/t22-,24+,25+,30+,31+,32+,34+,41-/m1/s1. The minimum atomic E-state index is -1.60. The van der Waals surface area contributed by atoms with Crippen molar-refractivity contribution in [2.24, 2.45) is 5.92 Å². The van der Waals surface area contributed by atoms with E-state index in [2.05, 4.69) is 26.3 Å². The van der Waals surface area contributed by atoms with E-state index < -0.39 is 89.6 Å².